The molecule has 1 fully saturated rings. The number of anilines is 1. The fourth-order valence-electron chi connectivity index (χ4n) is 4.22. The van der Waals surface area contributed by atoms with E-state index in [1.165, 1.54) is 5.56 Å². The van der Waals surface area contributed by atoms with Crippen LogP contribution in [-0.4, -0.2) is 52.5 Å². The number of benzene rings is 2. The van der Waals surface area contributed by atoms with Crippen molar-refractivity contribution >= 4 is 40.1 Å². The van der Waals surface area contributed by atoms with E-state index in [-0.39, 0.29) is 24.1 Å². The van der Waals surface area contributed by atoms with Crippen LogP contribution in [0.5, 0.6) is 0 Å². The summed E-state index contributed by atoms with van der Waals surface area (Å²) in [6.45, 7) is 6.11. The number of aromatic carboxylic acids is 1. The molecule has 0 spiro atoms. The van der Waals surface area contributed by atoms with Crippen LogP contribution in [0.1, 0.15) is 28.5 Å². The van der Waals surface area contributed by atoms with E-state index in [0.717, 1.165) is 12.2 Å². The van der Waals surface area contributed by atoms with Crippen molar-refractivity contribution in [1.82, 2.24) is 9.88 Å². The van der Waals surface area contributed by atoms with Gasteiger partial charge in [-0.1, -0.05) is 23.7 Å². The Morgan fingerprint density at radius 1 is 1.20 bits per heavy atom. The molecule has 0 saturated carbocycles. The minimum Gasteiger partial charge on any atom is -0.477 e. The van der Waals surface area contributed by atoms with Gasteiger partial charge in [0.15, 0.2) is 0 Å². The van der Waals surface area contributed by atoms with E-state index in [4.69, 9.17) is 11.6 Å². The van der Waals surface area contributed by atoms with E-state index >= 15 is 0 Å². The number of nitrogens with one attached hydrogen (secondary N) is 1. The van der Waals surface area contributed by atoms with E-state index in [1.54, 1.807) is 18.2 Å². The molecule has 156 valence electrons. The molecule has 1 saturated heterocycles. The molecule has 1 amide bonds. The summed E-state index contributed by atoms with van der Waals surface area (Å²) in [5, 5.41) is 10.8. The highest BCUT2D eigenvalue weighted by molar-refractivity contribution is 6.31. The van der Waals surface area contributed by atoms with Crippen molar-refractivity contribution in [2.75, 3.05) is 24.5 Å². The van der Waals surface area contributed by atoms with Crippen molar-refractivity contribution in [3.05, 3.63) is 64.3 Å². The quantitative estimate of drug-likeness (QED) is 0.659. The van der Waals surface area contributed by atoms with Crippen molar-refractivity contribution in [3.8, 4) is 0 Å². The number of halogens is 1. The van der Waals surface area contributed by atoms with Crippen LogP contribution in [0.15, 0.2) is 42.5 Å². The van der Waals surface area contributed by atoms with Crippen molar-refractivity contribution < 1.29 is 14.7 Å². The van der Waals surface area contributed by atoms with Crippen LogP contribution in [0.3, 0.4) is 0 Å². The molecule has 7 heteroatoms. The smallest absolute Gasteiger partial charge is 0.352 e. The number of amides is 1. The Morgan fingerprint density at radius 3 is 2.70 bits per heavy atom. The van der Waals surface area contributed by atoms with E-state index < -0.39 is 5.97 Å². The van der Waals surface area contributed by atoms with Crippen molar-refractivity contribution in [3.63, 3.8) is 0 Å². The summed E-state index contributed by atoms with van der Waals surface area (Å²) in [5.74, 6) is -1.16. The van der Waals surface area contributed by atoms with Crippen molar-refractivity contribution in [2.45, 2.75) is 26.3 Å². The molecule has 30 heavy (non-hydrogen) atoms. The number of carboxylic acid groups (broad SMARTS) is 1. The third-order valence-electron chi connectivity index (χ3n) is 5.72. The van der Waals surface area contributed by atoms with Gasteiger partial charge in [-0.05, 0) is 49.7 Å². The van der Waals surface area contributed by atoms with Crippen LogP contribution >= 0.6 is 11.6 Å². The number of carbonyl (C=O) groups excluding carboxylic acids is 1. The fourth-order valence-corrected chi connectivity index (χ4v) is 4.40. The zero-order valence-electron chi connectivity index (χ0n) is 17.0. The summed E-state index contributed by atoms with van der Waals surface area (Å²) >= 11 is 6.11. The number of rotatable bonds is 4. The van der Waals surface area contributed by atoms with Gasteiger partial charge in [0.25, 0.3) is 0 Å². The van der Waals surface area contributed by atoms with Gasteiger partial charge in [-0.15, -0.1) is 0 Å². The van der Waals surface area contributed by atoms with E-state index in [0.29, 0.717) is 34.6 Å². The van der Waals surface area contributed by atoms with E-state index in [1.807, 2.05) is 11.0 Å². The van der Waals surface area contributed by atoms with Crippen molar-refractivity contribution in [2.24, 2.45) is 0 Å². The maximum atomic E-state index is 13.1. The monoisotopic (exact) mass is 425 g/mol. The molecule has 2 heterocycles. The average Bonchev–Trinajstić information content (AvgIpc) is 3.05. The molecular formula is C23H24ClN3O3. The normalized spacial score (nSPS) is 16.8. The second-order valence-corrected chi connectivity index (χ2v) is 8.31. The van der Waals surface area contributed by atoms with Crippen molar-refractivity contribution in [1.29, 1.82) is 0 Å². The molecule has 1 aliphatic heterocycles. The molecule has 2 aromatic carbocycles. The minimum atomic E-state index is -1.08. The number of aromatic amines is 1. The molecule has 3 aromatic rings. The number of carbonyl (C=O) groups is 2. The van der Waals surface area contributed by atoms with Gasteiger partial charge in [-0.2, -0.15) is 0 Å². The van der Waals surface area contributed by atoms with Crippen LogP contribution in [0.25, 0.3) is 10.9 Å². The van der Waals surface area contributed by atoms with Crippen LogP contribution < -0.4 is 4.90 Å². The maximum absolute atomic E-state index is 13.1. The third-order valence-corrected chi connectivity index (χ3v) is 5.96. The molecule has 4 rings (SSSR count). The number of piperazine rings is 1. The predicted octanol–water partition coefficient (Wildman–Crippen LogP) is 4.11. The number of aryl methyl sites for hydroxylation is 1. The predicted molar refractivity (Wildman–Crippen MR) is 119 cm³/mol. The first-order chi connectivity index (χ1) is 14.3. The van der Waals surface area contributed by atoms with Gasteiger partial charge in [-0.3, -0.25) is 4.79 Å². The first kappa shape index (κ1) is 20.3. The van der Waals surface area contributed by atoms with Crippen LogP contribution in [-0.2, 0) is 11.2 Å². The van der Waals surface area contributed by atoms with Crippen LogP contribution in [0.2, 0.25) is 5.02 Å². The summed E-state index contributed by atoms with van der Waals surface area (Å²) < 4.78 is 0. The standard InChI is InChI=1S/C23H24ClN3O3/c1-14-4-3-5-17(10-14)27-9-8-26(13-15(27)2)21(28)12-19-18-11-16(24)6-7-20(18)25-22(19)23(29)30/h3-7,10-11,15,25H,8-9,12-13H2,1-2H3,(H,29,30). The van der Waals surface area contributed by atoms with Gasteiger partial charge < -0.3 is 19.9 Å². The Bertz CT molecular complexity index is 1120. The highest BCUT2D eigenvalue weighted by atomic mass is 35.5. The molecule has 1 aromatic heterocycles. The minimum absolute atomic E-state index is 0.0269. The molecule has 1 atom stereocenters. The van der Waals surface area contributed by atoms with Gasteiger partial charge >= 0.3 is 5.97 Å². The van der Waals surface area contributed by atoms with Crippen LogP contribution in [0.4, 0.5) is 5.69 Å². The first-order valence-corrected chi connectivity index (χ1v) is 10.4. The number of hydrogen-bond donors (Lipinski definition) is 2. The maximum Gasteiger partial charge on any atom is 0.352 e. The lowest BCUT2D eigenvalue weighted by molar-refractivity contribution is -0.131. The molecule has 0 bridgehead atoms. The average molecular weight is 426 g/mol. The Morgan fingerprint density at radius 2 is 2.00 bits per heavy atom. The second kappa shape index (κ2) is 8.03. The number of nitrogens with zero attached hydrogens (tertiary/aromatic N) is 2. The molecule has 2 N–H and O–H groups in total. The second-order valence-electron chi connectivity index (χ2n) is 7.87. The highest BCUT2D eigenvalue weighted by Crippen LogP contribution is 2.28. The summed E-state index contributed by atoms with van der Waals surface area (Å²) in [7, 11) is 0. The third kappa shape index (κ3) is 3.87. The number of aromatic nitrogens is 1. The lowest BCUT2D eigenvalue weighted by Crippen LogP contribution is -2.54. The lowest BCUT2D eigenvalue weighted by atomic mass is 10.0. The largest absolute Gasteiger partial charge is 0.477 e. The Labute approximate surface area is 180 Å². The number of carboxylic acids is 1. The van der Waals surface area contributed by atoms with Gasteiger partial charge in [-0.25, -0.2) is 4.79 Å². The van der Waals surface area contributed by atoms with Gasteiger partial charge in [0.05, 0.1) is 6.42 Å². The molecule has 0 aliphatic carbocycles. The van der Waals surface area contributed by atoms with Gasteiger partial charge in [0, 0.05) is 52.9 Å². The SMILES string of the molecule is Cc1cccc(N2CCN(C(=O)Cc3c(C(=O)O)[nH]c4ccc(Cl)cc34)CC2C)c1. The Balaban J connectivity index is 1.53. The fraction of sp³-hybridized carbons (Fsp3) is 0.304. The zero-order valence-corrected chi connectivity index (χ0v) is 17.7. The first-order valence-electron chi connectivity index (χ1n) is 9.98. The van der Waals surface area contributed by atoms with E-state index in [9.17, 15) is 14.7 Å². The lowest BCUT2D eigenvalue weighted by Gasteiger charge is -2.41. The number of fused-ring (bicyclic) bond motifs is 1. The molecular weight excluding hydrogens is 402 g/mol. The van der Waals surface area contributed by atoms with Crippen LogP contribution in [0, 0.1) is 6.92 Å². The van der Waals surface area contributed by atoms with Gasteiger partial charge in [0.2, 0.25) is 5.91 Å². The van der Waals surface area contributed by atoms with Gasteiger partial charge in [0.1, 0.15) is 5.69 Å². The topological polar surface area (TPSA) is 76.6 Å². The Kier molecular flexibility index (Phi) is 5.43. The summed E-state index contributed by atoms with van der Waals surface area (Å²) in [5.41, 5.74) is 3.56. The number of H-pyrrole nitrogens is 1. The van der Waals surface area contributed by atoms with E-state index in [2.05, 4.69) is 41.9 Å². The molecule has 0 radical (unpaired) electrons. The summed E-state index contributed by atoms with van der Waals surface area (Å²) in [4.78, 5) is 31.8. The molecule has 1 aliphatic rings. The summed E-state index contributed by atoms with van der Waals surface area (Å²) in [6, 6.07) is 13.7. The Hall–Kier alpha value is -2.99. The molecule has 1 unspecified atom stereocenters. The molecule has 6 nitrogen and oxygen atoms in total. The summed E-state index contributed by atoms with van der Waals surface area (Å²) in [6.07, 6.45) is 0.0269. The zero-order chi connectivity index (χ0) is 21.4. The highest BCUT2D eigenvalue weighted by Gasteiger charge is 2.28. The number of hydrogen-bond acceptors (Lipinski definition) is 3.